The van der Waals surface area contributed by atoms with Gasteiger partial charge >= 0.3 is 0 Å². The fraction of sp³-hybridized carbons (Fsp3) is 0.364. The van der Waals surface area contributed by atoms with Crippen LogP contribution < -0.4 is 0 Å². The van der Waals surface area contributed by atoms with Gasteiger partial charge in [-0.15, -0.1) is 0 Å². The molecule has 0 heterocycles. The second-order valence-electron chi connectivity index (χ2n) is 3.21. The molecule has 1 unspecified atom stereocenters. The highest BCUT2D eigenvalue weighted by Gasteiger charge is 2.10. The summed E-state index contributed by atoms with van der Waals surface area (Å²) in [6.07, 6.45) is 0.780. The molecule has 0 saturated carbocycles. The van der Waals surface area contributed by atoms with E-state index in [-0.39, 0.29) is 10.6 Å². The number of carbonyl (C=O) groups excluding carboxylic acids is 1. The zero-order valence-electron chi connectivity index (χ0n) is 7.88. The third-order valence-electron chi connectivity index (χ3n) is 2.10. The lowest BCUT2D eigenvalue weighted by Crippen LogP contribution is -2.13. The molecule has 1 aromatic carbocycles. The van der Waals surface area contributed by atoms with Crippen molar-refractivity contribution in [2.24, 2.45) is 0 Å². The maximum absolute atomic E-state index is 11.0. The number of aryl methyl sites for hydroxylation is 1. The fourth-order valence-electron chi connectivity index (χ4n) is 1.18. The average Bonchev–Trinajstić information content (AvgIpc) is 2.08. The molecular formula is C11H13BrO. The molecule has 2 heteroatoms. The standard InChI is InChI=1S/C11H13BrO/c1-8-5-3-4-6-10(8)7-11(12)9(2)13/h3-6,11H,7H2,1-2H3. The summed E-state index contributed by atoms with van der Waals surface area (Å²) >= 11 is 3.36. The number of halogens is 1. The molecule has 0 radical (unpaired) electrons. The van der Waals surface area contributed by atoms with Gasteiger partial charge in [0.1, 0.15) is 5.78 Å². The number of Topliss-reactive ketones (excluding diaryl/α,β-unsaturated/α-hetero) is 1. The molecule has 0 aliphatic carbocycles. The molecule has 13 heavy (non-hydrogen) atoms. The zero-order valence-corrected chi connectivity index (χ0v) is 9.47. The molecule has 0 amide bonds. The van der Waals surface area contributed by atoms with E-state index in [1.807, 2.05) is 12.1 Å². The molecular weight excluding hydrogens is 228 g/mol. The molecule has 1 atom stereocenters. The summed E-state index contributed by atoms with van der Waals surface area (Å²) in [7, 11) is 0. The van der Waals surface area contributed by atoms with E-state index in [0.29, 0.717) is 0 Å². The number of alkyl halides is 1. The summed E-state index contributed by atoms with van der Waals surface area (Å²) in [6.45, 7) is 3.67. The van der Waals surface area contributed by atoms with Crippen molar-refractivity contribution in [3.05, 3.63) is 35.4 Å². The van der Waals surface area contributed by atoms with Gasteiger partial charge in [0.25, 0.3) is 0 Å². The monoisotopic (exact) mass is 240 g/mol. The summed E-state index contributed by atoms with van der Waals surface area (Å²) in [5.41, 5.74) is 2.48. The van der Waals surface area contributed by atoms with Crippen molar-refractivity contribution in [3.63, 3.8) is 0 Å². The second-order valence-corrected chi connectivity index (χ2v) is 4.31. The third-order valence-corrected chi connectivity index (χ3v) is 3.07. The number of rotatable bonds is 3. The highest BCUT2D eigenvalue weighted by atomic mass is 79.9. The predicted molar refractivity (Wildman–Crippen MR) is 58.3 cm³/mol. The molecule has 0 aliphatic rings. The summed E-state index contributed by atoms with van der Waals surface area (Å²) in [5, 5.41) is 0. The number of hydrogen-bond donors (Lipinski definition) is 0. The lowest BCUT2D eigenvalue weighted by molar-refractivity contribution is -0.116. The van der Waals surface area contributed by atoms with Crippen molar-refractivity contribution in [3.8, 4) is 0 Å². The molecule has 0 saturated heterocycles. The van der Waals surface area contributed by atoms with E-state index in [9.17, 15) is 4.79 Å². The van der Waals surface area contributed by atoms with Gasteiger partial charge in [0.2, 0.25) is 0 Å². The van der Waals surface area contributed by atoms with Gasteiger partial charge in [-0.3, -0.25) is 4.79 Å². The largest absolute Gasteiger partial charge is 0.299 e. The lowest BCUT2D eigenvalue weighted by Gasteiger charge is -2.08. The second kappa shape index (κ2) is 4.56. The molecule has 0 fully saturated rings. The first-order valence-electron chi connectivity index (χ1n) is 4.30. The van der Waals surface area contributed by atoms with Gasteiger partial charge in [0.15, 0.2) is 0 Å². The van der Waals surface area contributed by atoms with Crippen LogP contribution in [0.25, 0.3) is 0 Å². The van der Waals surface area contributed by atoms with Crippen LogP contribution in [0, 0.1) is 6.92 Å². The zero-order chi connectivity index (χ0) is 9.84. The third kappa shape index (κ3) is 2.96. The minimum absolute atomic E-state index is 0.0476. The SMILES string of the molecule is CC(=O)C(Br)Cc1ccccc1C. The minimum Gasteiger partial charge on any atom is -0.299 e. The van der Waals surface area contributed by atoms with Gasteiger partial charge in [0.05, 0.1) is 4.83 Å². The van der Waals surface area contributed by atoms with E-state index in [1.165, 1.54) is 11.1 Å². The number of carbonyl (C=O) groups is 1. The van der Waals surface area contributed by atoms with Crippen LogP contribution in [-0.2, 0) is 11.2 Å². The lowest BCUT2D eigenvalue weighted by atomic mass is 10.0. The Bertz CT molecular complexity index is 307. The first kappa shape index (κ1) is 10.5. The molecule has 0 aliphatic heterocycles. The summed E-state index contributed by atoms with van der Waals surface area (Å²) in [6, 6.07) is 8.14. The Labute approximate surface area is 87.3 Å². The van der Waals surface area contributed by atoms with E-state index in [1.54, 1.807) is 6.92 Å². The van der Waals surface area contributed by atoms with E-state index < -0.39 is 0 Å². The van der Waals surface area contributed by atoms with E-state index in [4.69, 9.17) is 0 Å². The van der Waals surface area contributed by atoms with Crippen LogP contribution in [0.3, 0.4) is 0 Å². The van der Waals surface area contributed by atoms with Crippen LogP contribution in [0.1, 0.15) is 18.1 Å². The van der Waals surface area contributed by atoms with Crippen molar-refractivity contribution in [1.82, 2.24) is 0 Å². The molecule has 1 nitrogen and oxygen atoms in total. The van der Waals surface area contributed by atoms with Crippen LogP contribution in [0.15, 0.2) is 24.3 Å². The summed E-state index contributed by atoms with van der Waals surface area (Å²) in [5.74, 6) is 0.184. The molecule has 1 rings (SSSR count). The van der Waals surface area contributed by atoms with Crippen molar-refractivity contribution in [2.75, 3.05) is 0 Å². The highest BCUT2D eigenvalue weighted by molar-refractivity contribution is 9.10. The maximum Gasteiger partial charge on any atom is 0.143 e. The van der Waals surface area contributed by atoms with Crippen LogP contribution in [0.4, 0.5) is 0 Å². The predicted octanol–water partition coefficient (Wildman–Crippen LogP) is 2.89. The minimum atomic E-state index is -0.0476. The first-order valence-corrected chi connectivity index (χ1v) is 5.22. The molecule has 0 spiro atoms. The van der Waals surface area contributed by atoms with Crippen molar-refractivity contribution in [2.45, 2.75) is 25.1 Å². The van der Waals surface area contributed by atoms with Gasteiger partial charge in [0, 0.05) is 0 Å². The van der Waals surface area contributed by atoms with Gasteiger partial charge in [-0.2, -0.15) is 0 Å². The van der Waals surface area contributed by atoms with Crippen molar-refractivity contribution in [1.29, 1.82) is 0 Å². The first-order chi connectivity index (χ1) is 6.11. The Morgan fingerprint density at radius 3 is 2.62 bits per heavy atom. The quantitative estimate of drug-likeness (QED) is 0.743. The van der Waals surface area contributed by atoms with Crippen LogP contribution in [0.2, 0.25) is 0 Å². The number of benzene rings is 1. The van der Waals surface area contributed by atoms with Gasteiger partial charge in [-0.05, 0) is 31.4 Å². The summed E-state index contributed by atoms with van der Waals surface area (Å²) in [4.78, 5) is 11.0. The Kier molecular flexibility index (Phi) is 3.67. The number of ketones is 1. The van der Waals surface area contributed by atoms with Crippen LogP contribution >= 0.6 is 15.9 Å². The molecule has 1 aromatic rings. The van der Waals surface area contributed by atoms with Gasteiger partial charge in [-0.1, -0.05) is 40.2 Å². The number of hydrogen-bond acceptors (Lipinski definition) is 1. The Morgan fingerprint density at radius 2 is 2.08 bits per heavy atom. The van der Waals surface area contributed by atoms with Crippen LogP contribution in [0.5, 0.6) is 0 Å². The molecule has 0 N–H and O–H groups in total. The van der Waals surface area contributed by atoms with Crippen LogP contribution in [-0.4, -0.2) is 10.6 Å². The normalized spacial score (nSPS) is 12.5. The smallest absolute Gasteiger partial charge is 0.143 e. The fourth-order valence-corrected chi connectivity index (χ4v) is 1.52. The molecule has 70 valence electrons. The van der Waals surface area contributed by atoms with E-state index in [2.05, 4.69) is 35.0 Å². The maximum atomic E-state index is 11.0. The molecule has 0 aromatic heterocycles. The Balaban J connectivity index is 2.74. The van der Waals surface area contributed by atoms with E-state index >= 15 is 0 Å². The summed E-state index contributed by atoms with van der Waals surface area (Å²) < 4.78 is 0. The Hall–Kier alpha value is -0.630. The van der Waals surface area contributed by atoms with Gasteiger partial charge in [-0.25, -0.2) is 0 Å². The topological polar surface area (TPSA) is 17.1 Å². The average molecular weight is 241 g/mol. The van der Waals surface area contributed by atoms with Crippen molar-refractivity contribution < 1.29 is 4.79 Å². The van der Waals surface area contributed by atoms with Gasteiger partial charge < -0.3 is 0 Å². The van der Waals surface area contributed by atoms with Crippen molar-refractivity contribution >= 4 is 21.7 Å². The highest BCUT2D eigenvalue weighted by Crippen LogP contribution is 2.14. The van der Waals surface area contributed by atoms with E-state index in [0.717, 1.165) is 6.42 Å². The Morgan fingerprint density at radius 1 is 1.46 bits per heavy atom. The molecule has 0 bridgehead atoms.